The highest BCUT2D eigenvalue weighted by molar-refractivity contribution is 5.41. The summed E-state index contributed by atoms with van der Waals surface area (Å²) in [6.07, 6.45) is 0. The van der Waals surface area contributed by atoms with E-state index >= 15 is 0 Å². The molecule has 120 valence electrons. The molecule has 2 atom stereocenters. The minimum absolute atomic E-state index is 0.156. The summed E-state index contributed by atoms with van der Waals surface area (Å²) in [5.74, 6) is 1.29. The highest BCUT2D eigenvalue weighted by Crippen LogP contribution is 2.49. The lowest BCUT2D eigenvalue weighted by molar-refractivity contribution is 0.0457. The van der Waals surface area contributed by atoms with Gasteiger partial charge in [0.1, 0.15) is 5.75 Å². The summed E-state index contributed by atoms with van der Waals surface area (Å²) in [5, 5.41) is 10.1. The average Bonchev–Trinajstić information content (AvgIpc) is 2.94. The van der Waals surface area contributed by atoms with Crippen molar-refractivity contribution in [1.82, 2.24) is 9.88 Å². The van der Waals surface area contributed by atoms with Gasteiger partial charge in [0.15, 0.2) is 0 Å². The molecule has 2 aliphatic heterocycles. The van der Waals surface area contributed by atoms with Gasteiger partial charge in [0.25, 0.3) is 0 Å². The second-order valence-corrected chi connectivity index (χ2v) is 6.84. The van der Waals surface area contributed by atoms with Crippen LogP contribution in [0.15, 0.2) is 42.5 Å². The van der Waals surface area contributed by atoms with Crippen molar-refractivity contribution in [3.05, 3.63) is 59.4 Å². The molecule has 0 aliphatic carbocycles. The Labute approximate surface area is 136 Å². The Morgan fingerprint density at radius 2 is 2.13 bits per heavy atom. The zero-order valence-corrected chi connectivity index (χ0v) is 13.4. The maximum atomic E-state index is 10.1. The van der Waals surface area contributed by atoms with Gasteiger partial charge in [0, 0.05) is 36.7 Å². The fourth-order valence-electron chi connectivity index (χ4n) is 4.01. The normalized spacial score (nSPS) is 26.4. The number of aromatic nitrogens is 1. The lowest BCUT2D eigenvalue weighted by Gasteiger charge is -2.38. The first-order chi connectivity index (χ1) is 11.2. The number of fused-ring (bicyclic) bond motifs is 3. The molecule has 1 fully saturated rings. The molecule has 0 unspecified atom stereocenters. The Morgan fingerprint density at radius 1 is 1.26 bits per heavy atom. The summed E-state index contributed by atoms with van der Waals surface area (Å²) in [6, 6.07) is 14.4. The van der Waals surface area contributed by atoms with E-state index in [0.717, 1.165) is 36.8 Å². The number of pyridine rings is 1. The molecule has 4 nitrogen and oxygen atoms in total. The average molecular weight is 310 g/mol. The van der Waals surface area contributed by atoms with Crippen LogP contribution >= 0.6 is 0 Å². The van der Waals surface area contributed by atoms with Crippen LogP contribution < -0.4 is 4.74 Å². The molecule has 4 heteroatoms. The van der Waals surface area contributed by atoms with E-state index in [0.29, 0.717) is 12.5 Å². The molecule has 3 heterocycles. The molecule has 23 heavy (non-hydrogen) atoms. The van der Waals surface area contributed by atoms with E-state index in [1.54, 1.807) is 0 Å². The first kappa shape index (κ1) is 14.7. The summed E-state index contributed by atoms with van der Waals surface area (Å²) in [5.41, 5.74) is 3.17. The molecule has 1 N–H and O–H groups in total. The number of hydrogen-bond donors (Lipinski definition) is 1. The minimum atomic E-state index is -0.196. The Balaban J connectivity index is 1.61. The first-order valence-corrected chi connectivity index (χ1v) is 8.18. The number of benzene rings is 1. The molecule has 0 radical (unpaired) electrons. The van der Waals surface area contributed by atoms with Crippen LogP contribution in [0.3, 0.4) is 0 Å². The Hall–Kier alpha value is -1.91. The molecule has 2 aliphatic rings. The number of aliphatic hydroxyl groups is 1. The number of nitrogens with zero attached hydrogens (tertiary/aromatic N) is 2. The van der Waals surface area contributed by atoms with E-state index < -0.39 is 0 Å². The van der Waals surface area contributed by atoms with Crippen LogP contribution in [0.25, 0.3) is 0 Å². The molecular formula is C19H22N2O2. The molecule has 0 amide bonds. The van der Waals surface area contributed by atoms with Gasteiger partial charge in [0.05, 0.1) is 18.9 Å². The number of rotatable bonds is 3. The summed E-state index contributed by atoms with van der Waals surface area (Å²) < 4.78 is 5.95. The smallest absolute Gasteiger partial charge is 0.122 e. The highest BCUT2D eigenvalue weighted by Gasteiger charge is 2.50. The third-order valence-electron chi connectivity index (χ3n) is 5.17. The second kappa shape index (κ2) is 5.62. The van der Waals surface area contributed by atoms with Crippen LogP contribution in [-0.2, 0) is 6.54 Å². The van der Waals surface area contributed by atoms with Gasteiger partial charge in [0.2, 0.25) is 0 Å². The van der Waals surface area contributed by atoms with Crippen molar-refractivity contribution in [2.45, 2.75) is 19.4 Å². The van der Waals surface area contributed by atoms with Gasteiger partial charge in [-0.2, -0.15) is 0 Å². The fraction of sp³-hybridized carbons (Fsp3) is 0.421. The van der Waals surface area contributed by atoms with Crippen molar-refractivity contribution < 1.29 is 9.84 Å². The minimum Gasteiger partial charge on any atom is -0.493 e. The first-order valence-electron chi connectivity index (χ1n) is 8.18. The van der Waals surface area contributed by atoms with Crippen molar-refractivity contribution in [1.29, 1.82) is 0 Å². The Kier molecular flexibility index (Phi) is 3.58. The van der Waals surface area contributed by atoms with E-state index in [4.69, 9.17) is 4.74 Å². The number of likely N-dealkylation sites (tertiary alicyclic amines) is 1. The van der Waals surface area contributed by atoms with Gasteiger partial charge in [-0.1, -0.05) is 24.3 Å². The third kappa shape index (κ3) is 2.52. The summed E-state index contributed by atoms with van der Waals surface area (Å²) in [7, 11) is 0. The van der Waals surface area contributed by atoms with Crippen molar-refractivity contribution in [3.63, 3.8) is 0 Å². The molecule has 2 aromatic rings. The number of aliphatic hydroxyl groups excluding tert-OH is 1. The Bertz CT molecular complexity index is 718. The molecule has 1 saturated heterocycles. The summed E-state index contributed by atoms with van der Waals surface area (Å²) in [4.78, 5) is 7.01. The highest BCUT2D eigenvalue weighted by atomic mass is 16.5. The van der Waals surface area contributed by atoms with Gasteiger partial charge in [-0.05, 0) is 30.7 Å². The topological polar surface area (TPSA) is 45.6 Å². The van der Waals surface area contributed by atoms with Crippen molar-refractivity contribution in [2.75, 3.05) is 26.3 Å². The van der Waals surface area contributed by atoms with Crippen LogP contribution in [0.1, 0.15) is 22.9 Å². The molecule has 0 saturated carbocycles. The lowest BCUT2D eigenvalue weighted by Crippen LogP contribution is -2.42. The summed E-state index contributed by atoms with van der Waals surface area (Å²) >= 11 is 0. The van der Waals surface area contributed by atoms with Crippen LogP contribution in [0, 0.1) is 12.3 Å². The zero-order valence-electron chi connectivity index (χ0n) is 13.4. The predicted octanol–water partition coefficient (Wildman–Crippen LogP) is 2.36. The molecule has 4 rings (SSSR count). The molecular weight excluding hydrogens is 288 g/mol. The van der Waals surface area contributed by atoms with Gasteiger partial charge in [-0.15, -0.1) is 0 Å². The van der Waals surface area contributed by atoms with E-state index in [9.17, 15) is 5.11 Å². The standard InChI is InChI=1S/C19H22N2O2/c1-14-5-4-6-15(20-14)9-21-10-17-16-7-2-3-8-18(16)23-13-19(17,11-21)12-22/h2-8,17,22H,9-13H2,1H3/t17-,19-/m1/s1. The van der Waals surface area contributed by atoms with E-state index in [2.05, 4.69) is 34.1 Å². The van der Waals surface area contributed by atoms with Crippen molar-refractivity contribution in [3.8, 4) is 5.75 Å². The predicted molar refractivity (Wildman–Crippen MR) is 88.4 cm³/mol. The number of hydrogen-bond acceptors (Lipinski definition) is 4. The largest absolute Gasteiger partial charge is 0.493 e. The number of aryl methyl sites for hydroxylation is 1. The van der Waals surface area contributed by atoms with Crippen LogP contribution in [0.4, 0.5) is 0 Å². The van der Waals surface area contributed by atoms with Crippen molar-refractivity contribution >= 4 is 0 Å². The lowest BCUT2D eigenvalue weighted by atomic mass is 9.74. The molecule has 1 aromatic heterocycles. The van der Waals surface area contributed by atoms with Gasteiger partial charge in [-0.3, -0.25) is 9.88 Å². The van der Waals surface area contributed by atoms with Crippen LogP contribution in [0.5, 0.6) is 5.75 Å². The van der Waals surface area contributed by atoms with E-state index in [1.165, 1.54) is 5.56 Å². The Morgan fingerprint density at radius 3 is 2.96 bits per heavy atom. The van der Waals surface area contributed by atoms with E-state index in [-0.39, 0.29) is 12.0 Å². The molecule has 0 spiro atoms. The number of ether oxygens (including phenoxy) is 1. The maximum absolute atomic E-state index is 10.1. The molecule has 0 bridgehead atoms. The van der Waals surface area contributed by atoms with Gasteiger partial charge >= 0.3 is 0 Å². The zero-order chi connectivity index (χ0) is 15.9. The van der Waals surface area contributed by atoms with Crippen LogP contribution in [0.2, 0.25) is 0 Å². The third-order valence-corrected chi connectivity index (χ3v) is 5.17. The fourth-order valence-corrected chi connectivity index (χ4v) is 4.01. The SMILES string of the molecule is Cc1cccc(CN2C[C@@H]3c4ccccc4OC[C@]3(CO)C2)n1. The van der Waals surface area contributed by atoms with E-state index in [1.807, 2.05) is 25.1 Å². The summed E-state index contributed by atoms with van der Waals surface area (Å²) in [6.45, 7) is 5.37. The van der Waals surface area contributed by atoms with Crippen molar-refractivity contribution in [2.24, 2.45) is 5.41 Å². The maximum Gasteiger partial charge on any atom is 0.122 e. The van der Waals surface area contributed by atoms with Gasteiger partial charge in [-0.25, -0.2) is 0 Å². The quantitative estimate of drug-likeness (QED) is 0.945. The van der Waals surface area contributed by atoms with Crippen LogP contribution in [-0.4, -0.2) is 41.3 Å². The number of para-hydroxylation sites is 1. The van der Waals surface area contributed by atoms with Gasteiger partial charge < -0.3 is 9.84 Å². The second-order valence-electron chi connectivity index (χ2n) is 6.84. The monoisotopic (exact) mass is 310 g/mol. The molecule has 1 aromatic carbocycles.